The smallest absolute Gasteiger partial charge is 0.257 e. The van der Waals surface area contributed by atoms with Crippen LogP contribution in [0.25, 0.3) is 11.4 Å². The first kappa shape index (κ1) is 20.7. The largest absolute Gasteiger partial charge is 0.493 e. The third kappa shape index (κ3) is 4.55. The maximum Gasteiger partial charge on any atom is 0.257 e. The van der Waals surface area contributed by atoms with Crippen LogP contribution in [0.3, 0.4) is 0 Å². The Morgan fingerprint density at radius 1 is 0.879 bits per heavy atom. The van der Waals surface area contributed by atoms with Crippen molar-refractivity contribution < 1.29 is 9.53 Å². The molecule has 6 heteroatoms. The molecule has 164 valence electrons. The molecule has 6 nitrogen and oxygen atoms in total. The van der Waals surface area contributed by atoms with Crippen molar-refractivity contribution in [1.82, 2.24) is 9.97 Å². The Morgan fingerprint density at radius 3 is 2.30 bits per heavy atom. The van der Waals surface area contributed by atoms with Gasteiger partial charge in [0.2, 0.25) is 5.91 Å². The van der Waals surface area contributed by atoms with Crippen molar-refractivity contribution in [2.24, 2.45) is 0 Å². The van der Waals surface area contributed by atoms with Crippen LogP contribution in [0.4, 0.5) is 5.82 Å². The summed E-state index contributed by atoms with van der Waals surface area (Å²) in [5.41, 5.74) is 3.12. The molecule has 0 spiro atoms. The van der Waals surface area contributed by atoms with Gasteiger partial charge >= 0.3 is 0 Å². The summed E-state index contributed by atoms with van der Waals surface area (Å²) in [5.74, 6) is 0.979. The minimum atomic E-state index is -0.367. The van der Waals surface area contributed by atoms with Crippen molar-refractivity contribution in [3.8, 4) is 17.1 Å². The van der Waals surface area contributed by atoms with Crippen molar-refractivity contribution in [1.29, 1.82) is 0 Å². The zero-order chi connectivity index (χ0) is 22.6. The average molecular weight is 437 g/mol. The maximum atomic E-state index is 13.0. The fourth-order valence-corrected chi connectivity index (χ4v) is 4.12. The average Bonchev–Trinajstić information content (AvgIpc) is 2.85. The number of H-pyrrole nitrogens is 1. The predicted octanol–water partition coefficient (Wildman–Crippen LogP) is 4.53. The highest BCUT2D eigenvalue weighted by atomic mass is 16.5. The van der Waals surface area contributed by atoms with Crippen LogP contribution in [0.2, 0.25) is 0 Å². The number of ether oxygens (including phenoxy) is 1. The van der Waals surface area contributed by atoms with Gasteiger partial charge in [0.15, 0.2) is 0 Å². The summed E-state index contributed by atoms with van der Waals surface area (Å²) in [6.07, 6.45) is 1.01. The first-order chi connectivity index (χ1) is 16.2. The molecule has 0 radical (unpaired) electrons. The first-order valence-corrected chi connectivity index (χ1v) is 10.9. The van der Waals surface area contributed by atoms with E-state index in [1.54, 1.807) is 0 Å². The van der Waals surface area contributed by atoms with E-state index in [1.807, 2.05) is 72.8 Å². The summed E-state index contributed by atoms with van der Waals surface area (Å²) < 4.78 is 5.87. The molecule has 0 fully saturated rings. The number of rotatable bonds is 6. The van der Waals surface area contributed by atoms with Crippen LogP contribution in [0.5, 0.6) is 5.75 Å². The van der Waals surface area contributed by atoms with Gasteiger partial charge < -0.3 is 15.0 Å². The van der Waals surface area contributed by atoms with Gasteiger partial charge in [0, 0.05) is 24.3 Å². The fourth-order valence-electron chi connectivity index (χ4n) is 4.12. The summed E-state index contributed by atoms with van der Waals surface area (Å²) in [6.45, 7) is 0.573. The van der Waals surface area contributed by atoms with Gasteiger partial charge in [-0.25, -0.2) is 4.98 Å². The van der Waals surface area contributed by atoms with Gasteiger partial charge in [-0.2, -0.15) is 0 Å². The second kappa shape index (κ2) is 9.12. The molecule has 33 heavy (non-hydrogen) atoms. The summed E-state index contributed by atoms with van der Waals surface area (Å²) in [4.78, 5) is 32.9. The minimum Gasteiger partial charge on any atom is -0.493 e. The van der Waals surface area contributed by atoms with Gasteiger partial charge in [-0.1, -0.05) is 72.8 Å². The lowest BCUT2D eigenvalue weighted by molar-refractivity contribution is -0.116. The lowest BCUT2D eigenvalue weighted by Gasteiger charge is -2.24. The standard InChI is InChI=1S/C27H23N3O3/c31-23-17-22(19-11-13-21(14-12-19)33-16-15-18-7-3-1-4-8-18)24-26(28-23)29-25(30-27(24)32)20-9-5-2-6-10-20/h1-14,22H,15-17H2,(H2,28,29,30,31,32)/t22-/m1/s1. The second-order valence-electron chi connectivity index (χ2n) is 8.00. The molecular formula is C27H23N3O3. The number of nitrogens with one attached hydrogen (secondary N) is 2. The number of carbonyl (C=O) groups is 1. The predicted molar refractivity (Wildman–Crippen MR) is 127 cm³/mol. The molecule has 0 bridgehead atoms. The van der Waals surface area contributed by atoms with Gasteiger partial charge in [0.1, 0.15) is 17.4 Å². The van der Waals surface area contributed by atoms with Crippen LogP contribution in [-0.2, 0) is 11.2 Å². The highest BCUT2D eigenvalue weighted by Crippen LogP contribution is 2.35. The van der Waals surface area contributed by atoms with E-state index in [9.17, 15) is 9.59 Å². The van der Waals surface area contributed by atoms with Gasteiger partial charge in [-0.15, -0.1) is 0 Å². The summed E-state index contributed by atoms with van der Waals surface area (Å²) >= 11 is 0. The van der Waals surface area contributed by atoms with E-state index >= 15 is 0 Å². The third-order valence-electron chi connectivity index (χ3n) is 5.78. The molecule has 2 heterocycles. The molecule has 1 aromatic heterocycles. The molecule has 0 unspecified atom stereocenters. The zero-order valence-electron chi connectivity index (χ0n) is 18.0. The zero-order valence-corrected chi connectivity index (χ0v) is 18.0. The van der Waals surface area contributed by atoms with Crippen molar-refractivity contribution in [2.45, 2.75) is 18.8 Å². The Morgan fingerprint density at radius 2 is 1.58 bits per heavy atom. The van der Waals surface area contributed by atoms with Gasteiger partial charge in [0.25, 0.3) is 5.56 Å². The first-order valence-electron chi connectivity index (χ1n) is 10.9. The van der Waals surface area contributed by atoms with Crippen molar-refractivity contribution in [3.05, 3.63) is 112 Å². The summed E-state index contributed by atoms with van der Waals surface area (Å²) in [5, 5.41) is 2.77. The van der Waals surface area contributed by atoms with Crippen LogP contribution in [0.15, 0.2) is 89.7 Å². The van der Waals surface area contributed by atoms with Gasteiger partial charge in [-0.3, -0.25) is 9.59 Å². The van der Waals surface area contributed by atoms with E-state index in [4.69, 9.17) is 4.74 Å². The molecule has 2 N–H and O–H groups in total. The van der Waals surface area contributed by atoms with Crippen molar-refractivity contribution in [3.63, 3.8) is 0 Å². The van der Waals surface area contributed by atoms with E-state index in [2.05, 4.69) is 27.4 Å². The Bertz CT molecular complexity index is 1320. The number of aromatic amines is 1. The molecule has 1 aliphatic heterocycles. The number of carbonyl (C=O) groups excluding carboxylic acids is 1. The maximum absolute atomic E-state index is 13.0. The van der Waals surface area contributed by atoms with Crippen LogP contribution < -0.4 is 15.6 Å². The molecule has 1 atom stereocenters. The Hall–Kier alpha value is -4.19. The number of nitrogens with zero attached hydrogens (tertiary/aromatic N) is 1. The Labute approximate surface area is 191 Å². The highest BCUT2D eigenvalue weighted by molar-refractivity contribution is 5.94. The number of fused-ring (bicyclic) bond motifs is 1. The Balaban J connectivity index is 1.37. The highest BCUT2D eigenvalue weighted by Gasteiger charge is 2.31. The summed E-state index contributed by atoms with van der Waals surface area (Å²) in [6, 6.07) is 27.1. The van der Waals surface area contributed by atoms with E-state index in [1.165, 1.54) is 5.56 Å². The molecule has 0 aliphatic carbocycles. The lowest BCUT2D eigenvalue weighted by Crippen LogP contribution is -2.31. The van der Waals surface area contributed by atoms with E-state index in [-0.39, 0.29) is 23.8 Å². The van der Waals surface area contributed by atoms with E-state index in [0.29, 0.717) is 23.8 Å². The van der Waals surface area contributed by atoms with Crippen LogP contribution in [0, 0.1) is 0 Å². The number of hydrogen-bond donors (Lipinski definition) is 2. The SMILES string of the molecule is O=C1C[C@H](c2ccc(OCCc3ccccc3)cc2)c2c(nc(-c3ccccc3)[nH]c2=O)N1. The molecular weight excluding hydrogens is 414 g/mol. The molecule has 1 aliphatic rings. The number of anilines is 1. The second-order valence-corrected chi connectivity index (χ2v) is 8.00. The van der Waals surface area contributed by atoms with Crippen LogP contribution in [-0.4, -0.2) is 22.5 Å². The molecule has 5 rings (SSSR count). The normalized spacial score (nSPS) is 14.9. The van der Waals surface area contributed by atoms with E-state index in [0.717, 1.165) is 23.3 Å². The number of aromatic nitrogens is 2. The molecule has 0 saturated heterocycles. The molecule has 4 aromatic rings. The number of hydrogen-bond acceptors (Lipinski definition) is 4. The van der Waals surface area contributed by atoms with Crippen LogP contribution >= 0.6 is 0 Å². The number of benzene rings is 3. The van der Waals surface area contributed by atoms with Crippen LogP contribution in [0.1, 0.15) is 29.0 Å². The van der Waals surface area contributed by atoms with Crippen molar-refractivity contribution >= 4 is 11.7 Å². The van der Waals surface area contributed by atoms with Gasteiger partial charge in [0.05, 0.1) is 12.2 Å². The van der Waals surface area contributed by atoms with Gasteiger partial charge in [-0.05, 0) is 23.3 Å². The topological polar surface area (TPSA) is 84.1 Å². The Kier molecular flexibility index (Phi) is 5.72. The number of amides is 1. The third-order valence-corrected chi connectivity index (χ3v) is 5.78. The quantitative estimate of drug-likeness (QED) is 0.464. The summed E-state index contributed by atoms with van der Waals surface area (Å²) in [7, 11) is 0. The van der Waals surface area contributed by atoms with E-state index < -0.39 is 0 Å². The fraction of sp³-hybridized carbons (Fsp3) is 0.148. The molecule has 1 amide bonds. The molecule has 0 saturated carbocycles. The monoisotopic (exact) mass is 437 g/mol. The minimum absolute atomic E-state index is 0.159. The molecule has 3 aromatic carbocycles. The van der Waals surface area contributed by atoms with Crippen molar-refractivity contribution in [2.75, 3.05) is 11.9 Å². The lowest BCUT2D eigenvalue weighted by atomic mass is 9.87.